The summed E-state index contributed by atoms with van der Waals surface area (Å²) in [5.41, 5.74) is 16.2. The van der Waals surface area contributed by atoms with Gasteiger partial charge in [-0.15, -0.1) is 0 Å². The summed E-state index contributed by atoms with van der Waals surface area (Å²) in [6, 6.07) is 67.6. The van der Waals surface area contributed by atoms with E-state index < -0.39 is 0 Å². The number of furan rings is 2. The molecule has 11 aromatic rings. The van der Waals surface area contributed by atoms with E-state index in [0.717, 1.165) is 83.2 Å². The number of rotatable bonds is 5. The lowest BCUT2D eigenvalue weighted by Crippen LogP contribution is -2.16. The lowest BCUT2D eigenvalue weighted by atomic mass is 9.82. The molecule has 1 aliphatic rings. The van der Waals surface area contributed by atoms with Crippen LogP contribution in [-0.2, 0) is 5.41 Å². The molecule has 0 N–H and O–H groups in total. The van der Waals surface area contributed by atoms with Crippen molar-refractivity contribution in [3.63, 3.8) is 0 Å². The van der Waals surface area contributed by atoms with Crippen LogP contribution in [0.2, 0.25) is 0 Å². The van der Waals surface area contributed by atoms with Crippen molar-refractivity contribution in [3.8, 4) is 33.4 Å². The molecule has 0 bridgehead atoms. The van der Waals surface area contributed by atoms with E-state index in [2.05, 4.69) is 195 Å². The van der Waals surface area contributed by atoms with Crippen LogP contribution in [0.15, 0.2) is 197 Å². The molecule has 2 heterocycles. The summed E-state index contributed by atoms with van der Waals surface area (Å²) < 4.78 is 13.7. The van der Waals surface area contributed by atoms with Crippen LogP contribution in [0.5, 0.6) is 0 Å². The van der Waals surface area contributed by atoms with Crippen molar-refractivity contribution in [2.45, 2.75) is 19.3 Å². The fraction of sp³-hybridized carbons (Fsp3) is 0.0545. The second-order valence-electron chi connectivity index (χ2n) is 16.1. The van der Waals surface area contributed by atoms with Gasteiger partial charge < -0.3 is 13.7 Å². The van der Waals surface area contributed by atoms with Gasteiger partial charge in [-0.1, -0.05) is 147 Å². The van der Waals surface area contributed by atoms with E-state index in [1.165, 1.54) is 33.0 Å². The maximum absolute atomic E-state index is 7.13. The highest BCUT2D eigenvalue weighted by Crippen LogP contribution is 2.52. The van der Waals surface area contributed by atoms with Crippen molar-refractivity contribution in [2.24, 2.45) is 0 Å². The van der Waals surface area contributed by atoms with Crippen molar-refractivity contribution in [1.29, 1.82) is 0 Å². The first kappa shape index (κ1) is 32.8. The van der Waals surface area contributed by atoms with Crippen molar-refractivity contribution in [2.75, 3.05) is 4.90 Å². The van der Waals surface area contributed by atoms with Crippen LogP contribution in [0.1, 0.15) is 25.0 Å². The van der Waals surface area contributed by atoms with E-state index >= 15 is 0 Å². The summed E-state index contributed by atoms with van der Waals surface area (Å²) >= 11 is 0. The Bertz CT molecular complexity index is 3440. The molecule has 0 spiro atoms. The predicted molar refractivity (Wildman–Crippen MR) is 242 cm³/mol. The molecule has 274 valence electrons. The van der Waals surface area contributed by atoms with Crippen LogP contribution in [0.3, 0.4) is 0 Å². The third-order valence-electron chi connectivity index (χ3n) is 12.4. The normalized spacial score (nSPS) is 13.1. The maximum Gasteiger partial charge on any atom is 0.144 e. The lowest BCUT2D eigenvalue weighted by molar-refractivity contribution is 0.660. The SMILES string of the molecule is CC1(C)c2ccccc2-c2ccc(N(c3ccc4c(c3)oc3c(-c5ccc6ccccc6c5)c5c(cc34)oc3ccccc35)c3ccccc3-c3ccccc3)cc21. The van der Waals surface area contributed by atoms with Gasteiger partial charge in [0.05, 0.1) is 5.69 Å². The molecule has 0 radical (unpaired) electrons. The Labute approximate surface area is 336 Å². The molecule has 0 saturated heterocycles. The van der Waals surface area contributed by atoms with E-state index in [1.54, 1.807) is 0 Å². The van der Waals surface area contributed by atoms with Gasteiger partial charge in [0.15, 0.2) is 0 Å². The second kappa shape index (κ2) is 12.3. The molecular formula is C55H37NO2. The molecule has 0 saturated carbocycles. The Morgan fingerprint density at radius 3 is 2.02 bits per heavy atom. The smallest absolute Gasteiger partial charge is 0.144 e. The van der Waals surface area contributed by atoms with E-state index in [9.17, 15) is 0 Å². The van der Waals surface area contributed by atoms with E-state index in [0.29, 0.717) is 0 Å². The standard InChI is InChI=1S/C55H37NO2/c1-55(2)46-21-11-8-19-41(46)42-28-26-38(31-47(42)55)56(48-22-12-9-18-40(48)35-15-4-3-5-16-35)39-27-29-43-45-33-51-53(44-20-10-13-23-49(44)57-51)52(54(45)58-50(43)32-39)37-25-24-34-14-6-7-17-36(34)30-37/h3-33H,1-2H3. The third-order valence-corrected chi connectivity index (χ3v) is 12.4. The zero-order valence-electron chi connectivity index (χ0n) is 32.2. The minimum Gasteiger partial charge on any atom is -0.456 e. The van der Waals surface area contributed by atoms with Gasteiger partial charge in [0.25, 0.3) is 0 Å². The summed E-state index contributed by atoms with van der Waals surface area (Å²) in [4.78, 5) is 2.40. The molecule has 3 nitrogen and oxygen atoms in total. The van der Waals surface area contributed by atoms with Gasteiger partial charge in [-0.3, -0.25) is 0 Å². The Hall–Kier alpha value is -7.36. The summed E-state index contributed by atoms with van der Waals surface area (Å²) in [5, 5.41) is 6.61. The highest BCUT2D eigenvalue weighted by molar-refractivity contribution is 6.24. The van der Waals surface area contributed by atoms with Gasteiger partial charge in [0.1, 0.15) is 22.3 Å². The first-order valence-corrected chi connectivity index (χ1v) is 20.0. The number of hydrogen-bond donors (Lipinski definition) is 0. The van der Waals surface area contributed by atoms with Crippen molar-refractivity contribution < 1.29 is 8.83 Å². The summed E-state index contributed by atoms with van der Waals surface area (Å²) in [6.07, 6.45) is 0. The quantitative estimate of drug-likeness (QED) is 0.176. The average molecular weight is 744 g/mol. The molecule has 12 rings (SSSR count). The van der Waals surface area contributed by atoms with Crippen LogP contribution in [-0.4, -0.2) is 0 Å². The van der Waals surface area contributed by atoms with Gasteiger partial charge in [0, 0.05) is 55.5 Å². The van der Waals surface area contributed by atoms with E-state index in [1.807, 2.05) is 12.1 Å². The van der Waals surface area contributed by atoms with E-state index in [4.69, 9.17) is 8.83 Å². The molecule has 58 heavy (non-hydrogen) atoms. The second-order valence-corrected chi connectivity index (χ2v) is 16.1. The van der Waals surface area contributed by atoms with E-state index in [-0.39, 0.29) is 5.41 Å². The first-order chi connectivity index (χ1) is 28.5. The van der Waals surface area contributed by atoms with Gasteiger partial charge in [-0.25, -0.2) is 0 Å². The number of fused-ring (bicyclic) bond motifs is 10. The Morgan fingerprint density at radius 1 is 0.414 bits per heavy atom. The van der Waals surface area contributed by atoms with Gasteiger partial charge in [-0.05, 0) is 92.7 Å². The summed E-state index contributed by atoms with van der Waals surface area (Å²) in [7, 11) is 0. The molecular weight excluding hydrogens is 707 g/mol. The molecule has 0 aliphatic heterocycles. The number of para-hydroxylation sites is 2. The zero-order valence-corrected chi connectivity index (χ0v) is 32.2. The maximum atomic E-state index is 7.13. The number of nitrogens with zero attached hydrogens (tertiary/aromatic N) is 1. The zero-order chi connectivity index (χ0) is 38.5. The van der Waals surface area contributed by atoms with Crippen LogP contribution < -0.4 is 4.90 Å². The highest BCUT2D eigenvalue weighted by atomic mass is 16.3. The van der Waals surface area contributed by atoms with Crippen LogP contribution >= 0.6 is 0 Å². The Balaban J connectivity index is 1.11. The molecule has 0 fully saturated rings. The average Bonchev–Trinajstić information content (AvgIpc) is 3.90. The fourth-order valence-electron chi connectivity index (χ4n) is 9.65. The summed E-state index contributed by atoms with van der Waals surface area (Å²) in [6.45, 7) is 4.69. The topological polar surface area (TPSA) is 29.5 Å². The molecule has 1 aliphatic carbocycles. The van der Waals surface area contributed by atoms with Crippen molar-refractivity contribution in [3.05, 3.63) is 199 Å². The number of anilines is 3. The van der Waals surface area contributed by atoms with Gasteiger partial charge >= 0.3 is 0 Å². The van der Waals surface area contributed by atoms with Gasteiger partial charge in [0.2, 0.25) is 0 Å². The number of hydrogen-bond acceptors (Lipinski definition) is 3. The number of benzene rings is 9. The minimum atomic E-state index is -0.143. The molecule has 2 aromatic heterocycles. The minimum absolute atomic E-state index is 0.143. The van der Waals surface area contributed by atoms with Crippen molar-refractivity contribution >= 4 is 71.7 Å². The van der Waals surface area contributed by atoms with Crippen LogP contribution in [0.25, 0.3) is 88.0 Å². The molecule has 0 unspecified atom stereocenters. The molecule has 0 atom stereocenters. The molecule has 9 aromatic carbocycles. The van der Waals surface area contributed by atoms with Crippen LogP contribution in [0, 0.1) is 0 Å². The summed E-state index contributed by atoms with van der Waals surface area (Å²) in [5.74, 6) is 0. The molecule has 0 amide bonds. The Kier molecular flexibility index (Phi) is 6.98. The largest absolute Gasteiger partial charge is 0.456 e. The third kappa shape index (κ3) is 4.80. The predicted octanol–water partition coefficient (Wildman–Crippen LogP) is 15.7. The van der Waals surface area contributed by atoms with Crippen LogP contribution in [0.4, 0.5) is 17.1 Å². The fourth-order valence-corrected chi connectivity index (χ4v) is 9.65. The van der Waals surface area contributed by atoms with Crippen molar-refractivity contribution in [1.82, 2.24) is 0 Å². The lowest BCUT2D eigenvalue weighted by Gasteiger charge is -2.29. The van der Waals surface area contributed by atoms with Gasteiger partial charge in [-0.2, -0.15) is 0 Å². The monoisotopic (exact) mass is 743 g/mol. The molecule has 3 heteroatoms. The first-order valence-electron chi connectivity index (χ1n) is 20.0. The highest BCUT2D eigenvalue weighted by Gasteiger charge is 2.36. The Morgan fingerprint density at radius 2 is 1.12 bits per heavy atom.